The van der Waals surface area contributed by atoms with Crippen LogP contribution in [0.25, 0.3) is 0 Å². The topological polar surface area (TPSA) is 77.4 Å². The van der Waals surface area contributed by atoms with Gasteiger partial charge in [0.05, 0.1) is 6.10 Å². The number of rotatable bonds is 4. The second kappa shape index (κ2) is 8.56. The van der Waals surface area contributed by atoms with Crippen molar-refractivity contribution in [3.8, 4) is 0 Å². The van der Waals surface area contributed by atoms with Crippen LogP contribution in [0, 0.1) is 46.3 Å². The van der Waals surface area contributed by atoms with Gasteiger partial charge in [-0.3, -0.25) is 4.79 Å². The van der Waals surface area contributed by atoms with Gasteiger partial charge in [-0.05, 0) is 98.2 Å². The Morgan fingerprint density at radius 1 is 1.14 bits per heavy atom. The molecule has 9 atom stereocenters. The maximum absolute atomic E-state index is 13.1. The number of aliphatic carboxylic acids is 1. The van der Waals surface area contributed by atoms with Crippen LogP contribution in [0.1, 0.15) is 85.0 Å². The number of aliphatic hydroxyl groups is 1. The number of hydrogen-bond donors (Lipinski definition) is 1. The van der Waals surface area contributed by atoms with Crippen molar-refractivity contribution in [1.82, 2.24) is 0 Å². The third kappa shape index (κ3) is 3.90. The molecule has 5 heteroatoms. The zero-order chi connectivity index (χ0) is 20.3. The Kier molecular flexibility index (Phi) is 7.01. The molecule has 0 saturated heterocycles. The summed E-state index contributed by atoms with van der Waals surface area (Å²) < 4.78 is 0. The molecule has 0 heterocycles. The van der Waals surface area contributed by atoms with Crippen LogP contribution < -0.4 is 34.7 Å². The van der Waals surface area contributed by atoms with Gasteiger partial charge in [-0.15, -0.1) is 0 Å². The first-order chi connectivity index (χ1) is 13.2. The number of carbonyl (C=O) groups excluding carboxylic acids is 2. The smallest absolute Gasteiger partial charge is 0.550 e. The number of carboxylic acids is 1. The number of ketones is 1. The number of hydrogen-bond acceptors (Lipinski definition) is 4. The van der Waals surface area contributed by atoms with Crippen LogP contribution in [0.3, 0.4) is 0 Å². The minimum atomic E-state index is -0.938. The van der Waals surface area contributed by atoms with E-state index in [-0.39, 0.29) is 58.8 Å². The quantitative estimate of drug-likeness (QED) is 0.677. The molecule has 0 aromatic carbocycles. The van der Waals surface area contributed by atoms with Crippen LogP contribution in [0.15, 0.2) is 0 Å². The van der Waals surface area contributed by atoms with Crippen molar-refractivity contribution in [2.75, 3.05) is 0 Å². The number of carbonyl (C=O) groups is 2. The Morgan fingerprint density at radius 3 is 2.48 bits per heavy atom. The summed E-state index contributed by atoms with van der Waals surface area (Å²) >= 11 is 0. The SMILES string of the molecule is C[C@H](CCC(=O)[O-])[C@H]1CCC2C3CC(=O)C4C[C@H](O)CC[C@]4(C)C3CC[C@@]21C.[Na+]. The molecule has 4 unspecified atom stereocenters. The first-order valence-electron chi connectivity index (χ1n) is 11.6. The van der Waals surface area contributed by atoms with Crippen LogP contribution in [-0.4, -0.2) is 23.0 Å². The normalized spacial score (nSPS) is 47.4. The van der Waals surface area contributed by atoms with E-state index in [9.17, 15) is 19.8 Å². The molecule has 4 aliphatic rings. The molecule has 1 N–H and O–H groups in total. The number of carboxylic acid groups (broad SMARTS) is 1. The molecular weight excluding hydrogens is 375 g/mol. The third-order valence-electron chi connectivity index (χ3n) is 9.99. The van der Waals surface area contributed by atoms with Crippen molar-refractivity contribution in [2.45, 2.75) is 91.1 Å². The second-order valence-corrected chi connectivity index (χ2v) is 11.2. The molecule has 4 aliphatic carbocycles. The van der Waals surface area contributed by atoms with Gasteiger partial charge in [0.1, 0.15) is 5.78 Å². The van der Waals surface area contributed by atoms with E-state index in [0.29, 0.717) is 54.6 Å². The number of aliphatic hydroxyl groups excluding tert-OH is 1. The van der Waals surface area contributed by atoms with Gasteiger partial charge in [-0.2, -0.15) is 0 Å². The van der Waals surface area contributed by atoms with E-state index in [1.54, 1.807) is 0 Å². The molecule has 4 nitrogen and oxygen atoms in total. The Hall–Kier alpha value is 0.1000. The van der Waals surface area contributed by atoms with Gasteiger partial charge in [0.15, 0.2) is 0 Å². The molecule has 29 heavy (non-hydrogen) atoms. The first kappa shape index (κ1) is 23.8. The van der Waals surface area contributed by atoms with E-state index in [0.717, 1.165) is 12.8 Å². The maximum atomic E-state index is 13.1. The van der Waals surface area contributed by atoms with Crippen LogP contribution in [0.2, 0.25) is 0 Å². The Balaban J connectivity index is 0.00000240. The Labute approximate surface area is 197 Å². The Morgan fingerprint density at radius 2 is 1.79 bits per heavy atom. The van der Waals surface area contributed by atoms with Crippen LogP contribution in [0.4, 0.5) is 0 Å². The maximum Gasteiger partial charge on any atom is 1.00 e. The summed E-state index contributed by atoms with van der Waals surface area (Å²) in [6.45, 7) is 7.00. The van der Waals surface area contributed by atoms with E-state index >= 15 is 0 Å². The summed E-state index contributed by atoms with van der Waals surface area (Å²) in [5.41, 5.74) is 0.309. The fraction of sp³-hybridized carbons (Fsp3) is 0.917. The Bertz CT molecular complexity index is 651. The molecule has 0 radical (unpaired) electrons. The summed E-state index contributed by atoms with van der Waals surface area (Å²) in [6, 6.07) is 0. The van der Waals surface area contributed by atoms with Gasteiger partial charge in [-0.1, -0.05) is 20.8 Å². The van der Waals surface area contributed by atoms with Crippen LogP contribution in [0.5, 0.6) is 0 Å². The van der Waals surface area contributed by atoms with Gasteiger partial charge in [0.2, 0.25) is 0 Å². The van der Waals surface area contributed by atoms with Crippen molar-refractivity contribution < 1.29 is 49.4 Å². The number of Topliss-reactive ketones (excluding diaryl/α,β-unsaturated/α-hetero) is 1. The molecule has 0 spiro atoms. The van der Waals surface area contributed by atoms with Gasteiger partial charge in [-0.25, -0.2) is 0 Å². The minimum absolute atomic E-state index is 0. The molecule has 158 valence electrons. The summed E-state index contributed by atoms with van der Waals surface area (Å²) in [5, 5.41) is 21.1. The first-order valence-corrected chi connectivity index (χ1v) is 11.6. The molecule has 4 saturated carbocycles. The molecule has 0 aromatic rings. The summed E-state index contributed by atoms with van der Waals surface area (Å²) in [4.78, 5) is 24.1. The average molecular weight is 413 g/mol. The third-order valence-corrected chi connectivity index (χ3v) is 9.99. The molecular formula is C24H37NaO4. The van der Waals surface area contributed by atoms with Crippen LogP contribution in [-0.2, 0) is 9.59 Å². The second-order valence-electron chi connectivity index (χ2n) is 11.2. The zero-order valence-electron chi connectivity index (χ0n) is 18.8. The molecule has 0 aliphatic heterocycles. The fourth-order valence-corrected chi connectivity index (χ4v) is 8.54. The van der Waals surface area contributed by atoms with E-state index in [1.807, 2.05) is 0 Å². The van der Waals surface area contributed by atoms with Gasteiger partial charge in [0.25, 0.3) is 0 Å². The van der Waals surface area contributed by atoms with Crippen molar-refractivity contribution in [1.29, 1.82) is 0 Å². The largest absolute Gasteiger partial charge is 1.00 e. The molecule has 0 bridgehead atoms. The molecule has 4 fully saturated rings. The standard InChI is InChI=1S/C24H38O4.Na/c1-14(4-7-22(27)28)17-5-6-18-16-13-21(26)20-12-15(25)8-10-24(20,3)19(16)9-11-23(17,18)2;/h14-20,25H,4-13H2,1-3H3,(H,27,28);/q;+1/p-1/t14-,15-,16?,17-,18?,19?,20?,23-,24-;/m1./s1. The predicted octanol–water partition coefficient (Wildman–Crippen LogP) is 0.355. The van der Waals surface area contributed by atoms with E-state index in [4.69, 9.17) is 0 Å². The van der Waals surface area contributed by atoms with Crippen molar-refractivity contribution in [3.63, 3.8) is 0 Å². The monoisotopic (exact) mass is 412 g/mol. The summed E-state index contributed by atoms with van der Waals surface area (Å²) in [5.74, 6) is 2.17. The fourth-order valence-electron chi connectivity index (χ4n) is 8.54. The summed E-state index contributed by atoms with van der Waals surface area (Å²) in [6.07, 6.45) is 8.53. The predicted molar refractivity (Wildman–Crippen MR) is 105 cm³/mol. The zero-order valence-corrected chi connectivity index (χ0v) is 20.8. The van der Waals surface area contributed by atoms with E-state index in [2.05, 4.69) is 20.8 Å². The van der Waals surface area contributed by atoms with Gasteiger partial charge in [0, 0.05) is 18.3 Å². The van der Waals surface area contributed by atoms with E-state index < -0.39 is 5.97 Å². The summed E-state index contributed by atoms with van der Waals surface area (Å²) in [7, 11) is 0. The number of fused-ring (bicyclic) bond motifs is 5. The molecule has 0 amide bonds. The molecule has 4 rings (SSSR count). The minimum Gasteiger partial charge on any atom is -0.550 e. The van der Waals surface area contributed by atoms with E-state index in [1.165, 1.54) is 25.7 Å². The molecule has 0 aromatic heterocycles. The average Bonchev–Trinajstić information content (AvgIpc) is 2.99. The van der Waals surface area contributed by atoms with Crippen molar-refractivity contribution in [2.24, 2.45) is 46.3 Å². The van der Waals surface area contributed by atoms with Crippen LogP contribution >= 0.6 is 0 Å². The van der Waals surface area contributed by atoms with Crippen molar-refractivity contribution >= 4 is 11.8 Å². The van der Waals surface area contributed by atoms with Crippen molar-refractivity contribution in [3.05, 3.63) is 0 Å². The van der Waals surface area contributed by atoms with Gasteiger partial charge < -0.3 is 15.0 Å². The van der Waals surface area contributed by atoms with Gasteiger partial charge >= 0.3 is 29.6 Å².